The lowest BCUT2D eigenvalue weighted by atomic mass is 9.95. The molecule has 92 heavy (non-hydrogen) atoms. The van der Waals surface area contributed by atoms with Gasteiger partial charge in [0.05, 0.1) is 30.5 Å². The van der Waals surface area contributed by atoms with Crippen LogP contribution in [-0.4, -0.2) is 178 Å². The highest BCUT2D eigenvalue weighted by Crippen LogP contribution is 2.38. The van der Waals surface area contributed by atoms with Gasteiger partial charge in [-0.1, -0.05) is 199 Å². The van der Waals surface area contributed by atoms with E-state index in [2.05, 4.69) is 20.8 Å². The third kappa shape index (κ3) is 25.1. The molecule has 0 aromatic heterocycles. The number of unbranched alkanes of at least 4 members (excludes halogenated alkanes) is 16. The summed E-state index contributed by atoms with van der Waals surface area (Å²) >= 11 is 0. The Morgan fingerprint density at radius 3 is 1.57 bits per heavy atom. The predicted octanol–water partition coefficient (Wildman–Crippen LogP) is 10.8. The van der Waals surface area contributed by atoms with Crippen LogP contribution in [0.25, 0.3) is 6.08 Å². The third-order valence-electron chi connectivity index (χ3n) is 18.5. The minimum Gasteiger partial charge on any atom is -0.457 e. The molecular formula is C71H116O21. The number of carbonyl (C=O) groups excluding carboxylic acids is 4. The van der Waals surface area contributed by atoms with Crippen LogP contribution in [0.2, 0.25) is 0 Å². The highest BCUT2D eigenvalue weighted by Gasteiger charge is 2.57. The number of aliphatic hydroxyl groups is 5. The summed E-state index contributed by atoms with van der Waals surface area (Å²) in [6.07, 6.45) is -0.0253. The summed E-state index contributed by atoms with van der Waals surface area (Å²) in [5, 5.41) is 60.1. The van der Waals surface area contributed by atoms with E-state index in [9.17, 15) is 44.7 Å². The van der Waals surface area contributed by atoms with E-state index in [-0.39, 0.29) is 25.4 Å². The SMILES string of the molecule is CCCCCCCCCCCC(=O)OC1C(C)OC(OC2C(C)OC(OC3C(C)OC4OC5C(OC(CCCCC)CCCCCCCCCC(=O)OC3C4O)OC(C)C(O)C5O)C(OC(=O)CCCCCCCCC)C2O)C(OC(=O)C=Cc2ccccc2)C1O. The Hall–Kier alpha value is -3.68. The average Bonchev–Trinajstić information content (AvgIpc) is 0.787. The van der Waals surface area contributed by atoms with Crippen molar-refractivity contribution in [1.82, 2.24) is 0 Å². The lowest BCUT2D eigenvalue weighted by Gasteiger charge is -2.49. The van der Waals surface area contributed by atoms with Crippen LogP contribution in [0.3, 0.4) is 0 Å². The summed E-state index contributed by atoms with van der Waals surface area (Å²) in [7, 11) is 0. The van der Waals surface area contributed by atoms with Gasteiger partial charge < -0.3 is 82.4 Å². The van der Waals surface area contributed by atoms with Gasteiger partial charge in [0.2, 0.25) is 0 Å². The number of esters is 4. The van der Waals surface area contributed by atoms with Gasteiger partial charge in [0.1, 0.15) is 48.8 Å². The van der Waals surface area contributed by atoms with Gasteiger partial charge in [0, 0.05) is 25.3 Å². The molecule has 5 aliphatic rings. The number of ether oxygens (including phenoxy) is 12. The van der Waals surface area contributed by atoms with Gasteiger partial charge in [-0.25, -0.2) is 4.79 Å². The first-order valence-corrected chi connectivity index (χ1v) is 35.6. The van der Waals surface area contributed by atoms with E-state index in [1.165, 1.54) is 37.8 Å². The Morgan fingerprint density at radius 1 is 0.467 bits per heavy atom. The molecule has 5 fully saturated rings. The van der Waals surface area contributed by atoms with E-state index in [0.29, 0.717) is 24.8 Å². The predicted molar refractivity (Wildman–Crippen MR) is 342 cm³/mol. The summed E-state index contributed by atoms with van der Waals surface area (Å²) in [4.78, 5) is 55.1. The van der Waals surface area contributed by atoms with Crippen molar-refractivity contribution in [1.29, 1.82) is 0 Å². The minimum atomic E-state index is -1.82. The van der Waals surface area contributed by atoms with E-state index < -0.39 is 147 Å². The number of benzene rings is 1. The lowest BCUT2D eigenvalue weighted by molar-refractivity contribution is -0.387. The molecule has 5 heterocycles. The maximum atomic E-state index is 14.0. The van der Waals surface area contributed by atoms with Crippen molar-refractivity contribution in [2.45, 2.75) is 376 Å². The third-order valence-corrected chi connectivity index (χ3v) is 18.5. The van der Waals surface area contributed by atoms with Crippen LogP contribution in [0.15, 0.2) is 36.4 Å². The highest BCUT2D eigenvalue weighted by molar-refractivity contribution is 5.87. The standard InChI is InChI=1S/C71H116O21/c1-8-11-14-16-18-19-23-27-34-41-52(72)86-61-47(5)83-70(66(58(61)78)89-55(75)45-44-50-37-31-29-32-38-50)90-62-48(6)84-71(67(59(62)79)88-54(74)43-36-26-21-17-15-12-9-2)91-63-49(7)82-68-60(80)64(63)87-53(73)42-35-28-24-20-22-25-33-40-51(39-30-13-10-3)85-69-65(92-68)57(77)56(76)46(4)81-69/h29,31-32,37-38,44-49,51,56-71,76-80H,8-28,30,33-36,39-43H2,1-7H3. The van der Waals surface area contributed by atoms with E-state index in [0.717, 1.165) is 135 Å². The molecule has 526 valence electrons. The fraction of sp³-hybridized carbons (Fsp3) is 0.831. The smallest absolute Gasteiger partial charge is 0.331 e. The number of carbonyl (C=O) groups is 4. The molecule has 2 bridgehead atoms. The van der Waals surface area contributed by atoms with Gasteiger partial charge in [-0.2, -0.15) is 0 Å². The quantitative estimate of drug-likeness (QED) is 0.0200. The first-order chi connectivity index (χ1) is 44.4. The van der Waals surface area contributed by atoms with Crippen molar-refractivity contribution in [2.75, 3.05) is 0 Å². The van der Waals surface area contributed by atoms with Crippen LogP contribution in [0, 0.1) is 0 Å². The van der Waals surface area contributed by atoms with E-state index in [1.54, 1.807) is 52.0 Å². The summed E-state index contributed by atoms with van der Waals surface area (Å²) < 4.78 is 76.0. The zero-order chi connectivity index (χ0) is 66.4. The Kier molecular flexibility index (Phi) is 35.4. The van der Waals surface area contributed by atoms with Crippen LogP contribution in [-0.2, 0) is 76.0 Å². The zero-order valence-corrected chi connectivity index (χ0v) is 56.4. The number of hydrogen-bond acceptors (Lipinski definition) is 21. The average molecular weight is 1310 g/mol. The molecule has 6 rings (SSSR count). The van der Waals surface area contributed by atoms with E-state index >= 15 is 0 Å². The van der Waals surface area contributed by atoms with Crippen LogP contribution < -0.4 is 0 Å². The topological polar surface area (TPSA) is 280 Å². The Morgan fingerprint density at radius 2 is 0.957 bits per heavy atom. The summed E-state index contributed by atoms with van der Waals surface area (Å²) in [6, 6.07) is 9.01. The molecular weight excluding hydrogens is 1190 g/mol. The molecule has 0 radical (unpaired) electrons. The maximum Gasteiger partial charge on any atom is 0.331 e. The number of hydrogen-bond donors (Lipinski definition) is 5. The van der Waals surface area contributed by atoms with Gasteiger partial charge >= 0.3 is 23.9 Å². The fourth-order valence-corrected chi connectivity index (χ4v) is 12.9. The maximum absolute atomic E-state index is 14.0. The lowest BCUT2D eigenvalue weighted by Crippen LogP contribution is -2.67. The summed E-state index contributed by atoms with van der Waals surface area (Å²) in [5.74, 6) is -2.78. The fourth-order valence-electron chi connectivity index (χ4n) is 12.9. The summed E-state index contributed by atoms with van der Waals surface area (Å²) in [5.41, 5.74) is 0.693. The monoisotopic (exact) mass is 1300 g/mol. The Balaban J connectivity index is 1.26. The van der Waals surface area contributed by atoms with Crippen LogP contribution >= 0.6 is 0 Å². The van der Waals surface area contributed by atoms with Crippen molar-refractivity contribution < 1.29 is 102 Å². The first-order valence-electron chi connectivity index (χ1n) is 35.6. The molecule has 5 saturated heterocycles. The number of fused-ring (bicyclic) bond motifs is 3. The molecule has 21 unspecified atom stereocenters. The van der Waals surface area contributed by atoms with Gasteiger partial charge in [-0.15, -0.1) is 0 Å². The molecule has 21 atom stereocenters. The van der Waals surface area contributed by atoms with Crippen molar-refractivity contribution in [3.63, 3.8) is 0 Å². The second-order valence-corrected chi connectivity index (χ2v) is 26.3. The normalized spacial score (nSPS) is 34.6. The minimum absolute atomic E-state index is 0.0115. The molecule has 0 amide bonds. The van der Waals surface area contributed by atoms with Crippen molar-refractivity contribution in [3.05, 3.63) is 42.0 Å². The van der Waals surface area contributed by atoms with Crippen LogP contribution in [0.5, 0.6) is 0 Å². The molecule has 21 nitrogen and oxygen atoms in total. The molecule has 0 aliphatic carbocycles. The van der Waals surface area contributed by atoms with E-state index in [4.69, 9.17) is 56.8 Å². The first kappa shape index (κ1) is 77.3. The number of rotatable bonds is 31. The molecule has 0 saturated carbocycles. The Labute approximate surface area is 547 Å². The second-order valence-electron chi connectivity index (χ2n) is 26.3. The van der Waals surface area contributed by atoms with Gasteiger partial charge in [-0.05, 0) is 71.4 Å². The van der Waals surface area contributed by atoms with Crippen LogP contribution in [0.4, 0.5) is 0 Å². The highest BCUT2D eigenvalue weighted by atomic mass is 16.8. The molecule has 5 N–H and O–H groups in total. The van der Waals surface area contributed by atoms with Gasteiger partial charge in [-0.3, -0.25) is 14.4 Å². The largest absolute Gasteiger partial charge is 0.457 e. The zero-order valence-electron chi connectivity index (χ0n) is 56.4. The number of aliphatic hydroxyl groups excluding tert-OH is 5. The molecule has 5 aliphatic heterocycles. The second kappa shape index (κ2) is 42.1. The molecule has 0 spiro atoms. The Bertz CT molecular complexity index is 2260. The van der Waals surface area contributed by atoms with Crippen LogP contribution in [0.1, 0.15) is 253 Å². The molecule has 1 aromatic rings. The van der Waals surface area contributed by atoms with Crippen molar-refractivity contribution in [3.8, 4) is 0 Å². The van der Waals surface area contributed by atoms with Crippen molar-refractivity contribution in [2.24, 2.45) is 0 Å². The van der Waals surface area contributed by atoms with Gasteiger partial charge in [0.25, 0.3) is 0 Å². The van der Waals surface area contributed by atoms with Crippen molar-refractivity contribution >= 4 is 30.0 Å². The van der Waals surface area contributed by atoms with E-state index in [1.807, 2.05) is 6.07 Å². The molecule has 21 heteroatoms. The molecule has 1 aromatic carbocycles. The van der Waals surface area contributed by atoms with Gasteiger partial charge in [0.15, 0.2) is 49.6 Å². The summed E-state index contributed by atoms with van der Waals surface area (Å²) in [6.45, 7) is 12.8.